The normalized spacial score (nSPS) is 10.4. The molecule has 28 heavy (non-hydrogen) atoms. The lowest BCUT2D eigenvalue weighted by atomic mass is 10.1. The molecular formula is C21H21N3O4. The van der Waals surface area contributed by atoms with Gasteiger partial charge in [-0.1, -0.05) is 24.3 Å². The molecule has 0 aliphatic rings. The average molecular weight is 379 g/mol. The number of aromatic nitrogens is 2. The van der Waals surface area contributed by atoms with Crippen LogP contribution in [-0.4, -0.2) is 29.9 Å². The highest BCUT2D eigenvalue weighted by atomic mass is 16.5. The number of hydrogen-bond acceptors (Lipinski definition) is 5. The van der Waals surface area contributed by atoms with Gasteiger partial charge in [-0.05, 0) is 30.7 Å². The molecule has 0 aliphatic carbocycles. The molecule has 0 bridgehead atoms. The van der Waals surface area contributed by atoms with E-state index in [-0.39, 0.29) is 18.0 Å². The molecule has 1 N–H and O–H groups in total. The molecule has 0 atom stereocenters. The standard InChI is InChI=1S/C21H21N3O4/c1-14-6-4-5-7-16(14)17-10-11-21(26)24(23-17)13-20(25)22-18-9-8-15(27-2)12-19(18)28-3/h4-12H,13H2,1-3H3,(H,22,25). The molecule has 0 fully saturated rings. The van der Waals surface area contributed by atoms with Crippen molar-refractivity contribution in [3.05, 3.63) is 70.5 Å². The summed E-state index contributed by atoms with van der Waals surface area (Å²) in [5, 5.41) is 7.09. The van der Waals surface area contributed by atoms with Gasteiger partial charge in [0, 0.05) is 17.7 Å². The summed E-state index contributed by atoms with van der Waals surface area (Å²) in [4.78, 5) is 24.6. The number of carbonyl (C=O) groups is 1. The first kappa shape index (κ1) is 19.2. The number of nitrogens with zero attached hydrogens (tertiary/aromatic N) is 2. The maximum Gasteiger partial charge on any atom is 0.267 e. The Balaban J connectivity index is 1.82. The first-order valence-electron chi connectivity index (χ1n) is 8.68. The molecule has 1 aromatic heterocycles. The van der Waals surface area contributed by atoms with E-state index in [1.54, 1.807) is 31.4 Å². The summed E-state index contributed by atoms with van der Waals surface area (Å²) < 4.78 is 11.6. The van der Waals surface area contributed by atoms with Gasteiger partial charge >= 0.3 is 0 Å². The van der Waals surface area contributed by atoms with Crippen molar-refractivity contribution >= 4 is 11.6 Å². The number of benzene rings is 2. The quantitative estimate of drug-likeness (QED) is 0.712. The number of hydrogen-bond donors (Lipinski definition) is 1. The molecule has 2 aromatic carbocycles. The molecule has 1 amide bonds. The Labute approximate surface area is 162 Å². The van der Waals surface area contributed by atoms with Gasteiger partial charge in [-0.25, -0.2) is 4.68 Å². The van der Waals surface area contributed by atoms with Crippen LogP contribution in [0.2, 0.25) is 0 Å². The van der Waals surface area contributed by atoms with Gasteiger partial charge in [0.15, 0.2) is 0 Å². The third-order valence-electron chi connectivity index (χ3n) is 4.26. The van der Waals surface area contributed by atoms with Gasteiger partial charge in [0.25, 0.3) is 5.56 Å². The van der Waals surface area contributed by atoms with Crippen molar-refractivity contribution in [3.63, 3.8) is 0 Å². The summed E-state index contributed by atoms with van der Waals surface area (Å²) >= 11 is 0. The van der Waals surface area contributed by atoms with E-state index >= 15 is 0 Å². The second kappa shape index (κ2) is 8.39. The zero-order chi connectivity index (χ0) is 20.1. The van der Waals surface area contributed by atoms with Crippen molar-refractivity contribution in [2.75, 3.05) is 19.5 Å². The fourth-order valence-electron chi connectivity index (χ4n) is 2.79. The van der Waals surface area contributed by atoms with E-state index in [9.17, 15) is 9.59 Å². The molecule has 0 spiro atoms. The minimum absolute atomic E-state index is 0.215. The fraction of sp³-hybridized carbons (Fsp3) is 0.190. The summed E-state index contributed by atoms with van der Waals surface area (Å²) in [6.45, 7) is 1.75. The number of nitrogens with one attached hydrogen (secondary N) is 1. The monoisotopic (exact) mass is 379 g/mol. The summed E-state index contributed by atoms with van der Waals surface area (Å²) in [5.41, 5.74) is 2.71. The van der Waals surface area contributed by atoms with Crippen LogP contribution < -0.4 is 20.3 Å². The first-order chi connectivity index (χ1) is 13.5. The molecule has 1 heterocycles. The van der Waals surface area contributed by atoms with Crippen LogP contribution in [0.1, 0.15) is 5.56 Å². The Morgan fingerprint density at radius 3 is 2.57 bits per heavy atom. The van der Waals surface area contributed by atoms with Gasteiger partial charge in [-0.2, -0.15) is 5.10 Å². The lowest BCUT2D eigenvalue weighted by molar-refractivity contribution is -0.117. The van der Waals surface area contributed by atoms with Crippen LogP contribution >= 0.6 is 0 Å². The summed E-state index contributed by atoms with van der Waals surface area (Å²) in [6.07, 6.45) is 0. The number of rotatable bonds is 6. The molecule has 0 saturated carbocycles. The summed E-state index contributed by atoms with van der Waals surface area (Å²) in [5.74, 6) is 0.681. The van der Waals surface area contributed by atoms with Gasteiger partial charge < -0.3 is 14.8 Å². The van der Waals surface area contributed by atoms with Crippen LogP contribution in [0.5, 0.6) is 11.5 Å². The van der Waals surface area contributed by atoms with E-state index < -0.39 is 0 Å². The van der Waals surface area contributed by atoms with E-state index in [2.05, 4.69) is 10.4 Å². The van der Waals surface area contributed by atoms with Crippen molar-refractivity contribution < 1.29 is 14.3 Å². The van der Waals surface area contributed by atoms with E-state index in [1.165, 1.54) is 13.2 Å². The smallest absolute Gasteiger partial charge is 0.267 e. The average Bonchev–Trinajstić information content (AvgIpc) is 2.70. The molecule has 7 nitrogen and oxygen atoms in total. The SMILES string of the molecule is COc1ccc(NC(=O)Cn2nc(-c3ccccc3C)ccc2=O)c(OC)c1. The lowest BCUT2D eigenvalue weighted by Gasteiger charge is -2.12. The van der Waals surface area contributed by atoms with Crippen molar-refractivity contribution in [1.29, 1.82) is 0 Å². The Kier molecular flexibility index (Phi) is 5.74. The van der Waals surface area contributed by atoms with Gasteiger partial charge in [-0.3, -0.25) is 9.59 Å². The molecule has 144 valence electrons. The van der Waals surface area contributed by atoms with E-state index in [0.717, 1.165) is 15.8 Å². The molecule has 0 aliphatic heterocycles. The maximum atomic E-state index is 12.5. The Morgan fingerprint density at radius 2 is 1.86 bits per heavy atom. The highest BCUT2D eigenvalue weighted by Gasteiger charge is 2.12. The third-order valence-corrected chi connectivity index (χ3v) is 4.26. The largest absolute Gasteiger partial charge is 0.497 e. The van der Waals surface area contributed by atoms with Gasteiger partial charge in [0.1, 0.15) is 18.0 Å². The van der Waals surface area contributed by atoms with Crippen LogP contribution in [0.25, 0.3) is 11.3 Å². The molecule has 3 rings (SSSR count). The summed E-state index contributed by atoms with van der Waals surface area (Å²) in [7, 11) is 3.05. The Bertz CT molecular complexity index is 1060. The maximum absolute atomic E-state index is 12.5. The number of methoxy groups -OCH3 is 2. The zero-order valence-corrected chi connectivity index (χ0v) is 15.9. The predicted octanol–water partition coefficient (Wildman–Crippen LogP) is 2.87. The van der Waals surface area contributed by atoms with Gasteiger partial charge in [0.2, 0.25) is 5.91 Å². The minimum atomic E-state index is -0.389. The lowest BCUT2D eigenvalue weighted by Crippen LogP contribution is -2.29. The molecule has 0 saturated heterocycles. The molecule has 0 unspecified atom stereocenters. The highest BCUT2D eigenvalue weighted by molar-refractivity contribution is 5.92. The molecule has 0 radical (unpaired) electrons. The van der Waals surface area contributed by atoms with Crippen LogP contribution in [0, 0.1) is 6.92 Å². The minimum Gasteiger partial charge on any atom is -0.497 e. The number of ether oxygens (including phenoxy) is 2. The first-order valence-corrected chi connectivity index (χ1v) is 8.68. The van der Waals surface area contributed by atoms with Crippen molar-refractivity contribution in [2.45, 2.75) is 13.5 Å². The topological polar surface area (TPSA) is 82.5 Å². The van der Waals surface area contributed by atoms with Crippen molar-refractivity contribution in [3.8, 4) is 22.8 Å². The van der Waals surface area contributed by atoms with Crippen LogP contribution in [0.15, 0.2) is 59.4 Å². The Hall–Kier alpha value is -3.61. The van der Waals surface area contributed by atoms with E-state index in [0.29, 0.717) is 22.9 Å². The second-order valence-electron chi connectivity index (χ2n) is 6.14. The van der Waals surface area contributed by atoms with Crippen molar-refractivity contribution in [1.82, 2.24) is 9.78 Å². The van der Waals surface area contributed by atoms with E-state index in [4.69, 9.17) is 9.47 Å². The molecule has 3 aromatic rings. The van der Waals surface area contributed by atoms with Crippen LogP contribution in [0.4, 0.5) is 5.69 Å². The molecular weight excluding hydrogens is 358 g/mol. The predicted molar refractivity (Wildman–Crippen MR) is 107 cm³/mol. The Morgan fingerprint density at radius 1 is 1.07 bits per heavy atom. The number of amides is 1. The van der Waals surface area contributed by atoms with Gasteiger partial charge in [-0.15, -0.1) is 0 Å². The van der Waals surface area contributed by atoms with E-state index in [1.807, 2.05) is 31.2 Å². The third kappa shape index (κ3) is 4.20. The molecule has 7 heteroatoms. The van der Waals surface area contributed by atoms with Crippen molar-refractivity contribution in [2.24, 2.45) is 0 Å². The summed E-state index contributed by atoms with van der Waals surface area (Å²) in [6, 6.07) is 15.9. The number of anilines is 1. The number of carbonyl (C=O) groups excluding carboxylic acids is 1. The van der Waals surface area contributed by atoms with Crippen LogP contribution in [-0.2, 0) is 11.3 Å². The highest BCUT2D eigenvalue weighted by Crippen LogP contribution is 2.29. The fourth-order valence-corrected chi connectivity index (χ4v) is 2.79. The second-order valence-corrected chi connectivity index (χ2v) is 6.14. The number of aryl methyl sites for hydroxylation is 1. The van der Waals surface area contributed by atoms with Crippen LogP contribution in [0.3, 0.4) is 0 Å². The zero-order valence-electron chi connectivity index (χ0n) is 15.9. The van der Waals surface area contributed by atoms with Gasteiger partial charge in [0.05, 0.1) is 25.6 Å².